The summed E-state index contributed by atoms with van der Waals surface area (Å²) in [6, 6.07) is 4.92. The molecule has 6 rings (SSSR count). The van der Waals surface area contributed by atoms with Gasteiger partial charge in [0, 0.05) is 17.8 Å². The first-order valence-corrected chi connectivity index (χ1v) is 10.8. The average molecular weight is 421 g/mol. The van der Waals surface area contributed by atoms with Crippen LogP contribution in [0.2, 0.25) is 0 Å². The van der Waals surface area contributed by atoms with E-state index in [0.717, 1.165) is 41.9 Å². The minimum atomic E-state index is -0.274. The summed E-state index contributed by atoms with van der Waals surface area (Å²) in [5.41, 5.74) is 3.09. The number of aromatic nitrogens is 3. The Morgan fingerprint density at radius 1 is 1.23 bits per heavy atom. The van der Waals surface area contributed by atoms with Crippen molar-refractivity contribution in [3.63, 3.8) is 0 Å². The summed E-state index contributed by atoms with van der Waals surface area (Å²) in [5.74, 6) is 1.87. The molecule has 0 amide bonds. The van der Waals surface area contributed by atoms with Crippen molar-refractivity contribution in [2.45, 2.75) is 51.0 Å². The van der Waals surface area contributed by atoms with Gasteiger partial charge in [0.2, 0.25) is 0 Å². The van der Waals surface area contributed by atoms with E-state index in [2.05, 4.69) is 21.9 Å². The van der Waals surface area contributed by atoms with E-state index >= 15 is 0 Å². The molecule has 0 saturated heterocycles. The fourth-order valence-corrected chi connectivity index (χ4v) is 4.89. The molecule has 160 valence electrons. The van der Waals surface area contributed by atoms with Crippen LogP contribution in [0.15, 0.2) is 37.2 Å². The summed E-state index contributed by atoms with van der Waals surface area (Å²) in [4.78, 5) is 7.23. The van der Waals surface area contributed by atoms with Crippen molar-refractivity contribution in [3.05, 3.63) is 54.1 Å². The Hall–Kier alpha value is -3.29. The lowest BCUT2D eigenvalue weighted by Gasteiger charge is -2.39. The molecular weight excluding hydrogens is 397 g/mol. The molecule has 8 heteroatoms. The molecule has 3 atom stereocenters. The molecule has 1 aromatic carbocycles. The average Bonchev–Trinajstić information content (AvgIpc) is 3.38. The van der Waals surface area contributed by atoms with Crippen LogP contribution in [0.4, 0.5) is 10.2 Å². The Morgan fingerprint density at radius 2 is 2.13 bits per heavy atom. The van der Waals surface area contributed by atoms with Gasteiger partial charge in [0.25, 0.3) is 0 Å². The molecule has 3 aromatic rings. The van der Waals surface area contributed by atoms with E-state index in [1.807, 2.05) is 13.1 Å². The first-order valence-electron chi connectivity index (χ1n) is 10.8. The highest BCUT2D eigenvalue weighted by Crippen LogP contribution is 2.42. The molecule has 4 heterocycles. The molecule has 1 aliphatic carbocycles. The van der Waals surface area contributed by atoms with Crippen LogP contribution in [-0.4, -0.2) is 39.4 Å². The summed E-state index contributed by atoms with van der Waals surface area (Å²) in [7, 11) is 0. The zero-order valence-corrected chi connectivity index (χ0v) is 17.3. The van der Waals surface area contributed by atoms with E-state index in [0.29, 0.717) is 30.2 Å². The third-order valence-corrected chi connectivity index (χ3v) is 6.43. The summed E-state index contributed by atoms with van der Waals surface area (Å²) in [6.45, 7) is 7.22. The van der Waals surface area contributed by atoms with Crippen molar-refractivity contribution >= 4 is 17.2 Å². The van der Waals surface area contributed by atoms with Crippen LogP contribution < -0.4 is 19.7 Å². The van der Waals surface area contributed by atoms with Crippen molar-refractivity contribution in [2.75, 3.05) is 11.4 Å². The van der Waals surface area contributed by atoms with Gasteiger partial charge in [-0.2, -0.15) is 5.10 Å². The molecular formula is C23H24FN5O2. The molecule has 2 bridgehead atoms. The molecule has 2 aromatic heterocycles. The van der Waals surface area contributed by atoms with E-state index in [9.17, 15) is 4.39 Å². The number of anilines is 1. The third kappa shape index (κ3) is 3.00. The predicted octanol–water partition coefficient (Wildman–Crippen LogP) is 3.53. The van der Waals surface area contributed by atoms with Crippen LogP contribution >= 0.6 is 0 Å². The van der Waals surface area contributed by atoms with Gasteiger partial charge < -0.3 is 19.7 Å². The molecule has 3 aliphatic rings. The Morgan fingerprint density at radius 3 is 3.03 bits per heavy atom. The van der Waals surface area contributed by atoms with Crippen LogP contribution in [0.5, 0.6) is 11.5 Å². The van der Waals surface area contributed by atoms with Crippen molar-refractivity contribution in [2.24, 2.45) is 0 Å². The van der Waals surface area contributed by atoms with Gasteiger partial charge in [0.15, 0.2) is 17.2 Å². The lowest BCUT2D eigenvalue weighted by Crippen LogP contribution is -2.46. The maximum absolute atomic E-state index is 14.2. The molecule has 7 nitrogen and oxygen atoms in total. The van der Waals surface area contributed by atoms with E-state index in [1.54, 1.807) is 22.8 Å². The van der Waals surface area contributed by atoms with Gasteiger partial charge in [-0.1, -0.05) is 6.58 Å². The van der Waals surface area contributed by atoms with Gasteiger partial charge in [-0.3, -0.25) is 0 Å². The second kappa shape index (κ2) is 6.87. The topological polar surface area (TPSA) is 63.9 Å². The first kappa shape index (κ1) is 18.5. The lowest BCUT2D eigenvalue weighted by molar-refractivity contribution is 0.168. The standard InChI is InChI=1S/C23H24FN5O2/c1-13-9-25-14(2)17-10-26-29-12-21-23(27-22(17)29)28(18-4-3-5-20(18)31-21)11-15-8-16(24)6-7-19(15)30-13/h6-8,10,12-13,18,20,25H,2-5,9,11H2,1H3/t13-,18+,20-/m0/s1. The Bertz CT molecular complexity index is 1190. The number of nitrogens with zero attached hydrogens (tertiary/aromatic N) is 4. The quantitative estimate of drug-likeness (QED) is 0.599. The second-order valence-electron chi connectivity index (χ2n) is 8.58. The van der Waals surface area contributed by atoms with Gasteiger partial charge >= 0.3 is 0 Å². The van der Waals surface area contributed by atoms with Gasteiger partial charge in [-0.15, -0.1) is 0 Å². The van der Waals surface area contributed by atoms with Gasteiger partial charge in [-0.25, -0.2) is 13.9 Å². The molecule has 1 N–H and O–H groups in total. The summed E-state index contributed by atoms with van der Waals surface area (Å²) >= 11 is 0. The minimum Gasteiger partial charge on any atom is -0.489 e. The number of hydrogen-bond acceptors (Lipinski definition) is 6. The Kier molecular flexibility index (Phi) is 4.09. The molecule has 2 aliphatic heterocycles. The molecule has 31 heavy (non-hydrogen) atoms. The second-order valence-corrected chi connectivity index (χ2v) is 8.58. The number of fused-ring (bicyclic) bond motifs is 3. The predicted molar refractivity (Wildman–Crippen MR) is 115 cm³/mol. The molecule has 0 unspecified atom stereocenters. The molecule has 0 spiro atoms. The maximum atomic E-state index is 14.2. The number of hydrogen-bond donors (Lipinski definition) is 1. The van der Waals surface area contributed by atoms with Crippen molar-refractivity contribution < 1.29 is 13.9 Å². The highest BCUT2D eigenvalue weighted by Gasteiger charge is 2.41. The monoisotopic (exact) mass is 421 g/mol. The highest BCUT2D eigenvalue weighted by atomic mass is 19.1. The van der Waals surface area contributed by atoms with Gasteiger partial charge in [0.05, 0.1) is 30.5 Å². The maximum Gasteiger partial charge on any atom is 0.180 e. The molecule has 0 radical (unpaired) electrons. The van der Waals surface area contributed by atoms with Crippen molar-refractivity contribution in [1.29, 1.82) is 0 Å². The fraction of sp³-hybridized carbons (Fsp3) is 0.391. The van der Waals surface area contributed by atoms with E-state index in [4.69, 9.17) is 14.5 Å². The van der Waals surface area contributed by atoms with Crippen molar-refractivity contribution in [3.8, 4) is 11.5 Å². The van der Waals surface area contributed by atoms with Crippen LogP contribution in [-0.2, 0) is 6.54 Å². The summed E-state index contributed by atoms with van der Waals surface area (Å²) in [6.07, 6.45) is 6.71. The zero-order valence-electron chi connectivity index (χ0n) is 17.3. The summed E-state index contributed by atoms with van der Waals surface area (Å²) in [5, 5.41) is 7.79. The third-order valence-electron chi connectivity index (χ3n) is 6.43. The number of nitrogens with one attached hydrogen (secondary N) is 1. The first-order chi connectivity index (χ1) is 15.1. The van der Waals surface area contributed by atoms with Gasteiger partial charge in [-0.05, 0) is 44.4 Å². The zero-order chi connectivity index (χ0) is 21.1. The van der Waals surface area contributed by atoms with Gasteiger partial charge in [0.1, 0.15) is 23.8 Å². The SMILES string of the molecule is C=C1NC[C@H](C)Oc2ccc(F)cc2CN2c3nc4c1cnn4cc3O[C@H]1CCC[C@H]12. The van der Waals surface area contributed by atoms with E-state index < -0.39 is 0 Å². The normalized spacial score (nSPS) is 24.9. The molecule has 1 fully saturated rings. The van der Waals surface area contributed by atoms with Crippen molar-refractivity contribution in [1.82, 2.24) is 19.9 Å². The number of halogens is 1. The van der Waals surface area contributed by atoms with Crippen LogP contribution in [0.1, 0.15) is 37.3 Å². The van der Waals surface area contributed by atoms with Crippen LogP contribution in [0, 0.1) is 5.82 Å². The largest absolute Gasteiger partial charge is 0.489 e. The number of rotatable bonds is 0. The molecule has 1 saturated carbocycles. The van der Waals surface area contributed by atoms with E-state index in [1.165, 1.54) is 6.07 Å². The number of benzene rings is 1. The lowest BCUT2D eigenvalue weighted by atomic mass is 10.1. The van der Waals surface area contributed by atoms with E-state index in [-0.39, 0.29) is 24.1 Å². The number of ether oxygens (including phenoxy) is 2. The fourth-order valence-electron chi connectivity index (χ4n) is 4.89. The Labute approximate surface area is 179 Å². The summed E-state index contributed by atoms with van der Waals surface area (Å²) < 4.78 is 28.5. The van der Waals surface area contributed by atoms with Crippen LogP contribution in [0.3, 0.4) is 0 Å². The minimum absolute atomic E-state index is 0.0888. The highest BCUT2D eigenvalue weighted by molar-refractivity contribution is 5.75. The smallest absolute Gasteiger partial charge is 0.180 e. The Balaban J connectivity index is 1.56. The van der Waals surface area contributed by atoms with Crippen LogP contribution in [0.25, 0.3) is 11.3 Å².